The minimum absolute atomic E-state index is 0.777. The van der Waals surface area contributed by atoms with Crippen LogP contribution in [0.3, 0.4) is 0 Å². The fourth-order valence-corrected chi connectivity index (χ4v) is 0.424. The molecule has 2 nitrogen and oxygen atoms in total. The molecule has 9 heavy (non-hydrogen) atoms. The molecule has 0 aliphatic carbocycles. The van der Waals surface area contributed by atoms with E-state index in [4.69, 9.17) is 5.26 Å². The minimum Gasteiger partial charge on any atom is -0.386 e. The lowest BCUT2D eigenvalue weighted by Crippen LogP contribution is -2.08. The SMILES string of the molecule is C=C(/C=C/C#N)NCC. The normalized spacial score (nSPS) is 8.89. The second kappa shape index (κ2) is 4.92. The second-order valence-corrected chi connectivity index (χ2v) is 1.52. The zero-order chi connectivity index (χ0) is 7.11. The molecule has 0 bridgehead atoms. The lowest BCUT2D eigenvalue weighted by Gasteiger charge is -1.97. The Morgan fingerprint density at radius 2 is 2.56 bits per heavy atom. The van der Waals surface area contributed by atoms with E-state index >= 15 is 0 Å². The molecule has 0 radical (unpaired) electrons. The number of hydrogen-bond donors (Lipinski definition) is 1. The maximum atomic E-state index is 8.08. The maximum absolute atomic E-state index is 8.08. The van der Waals surface area contributed by atoms with E-state index in [1.807, 2.05) is 13.0 Å². The van der Waals surface area contributed by atoms with E-state index in [0.29, 0.717) is 0 Å². The molecule has 48 valence electrons. The average molecular weight is 122 g/mol. The van der Waals surface area contributed by atoms with Crippen molar-refractivity contribution in [1.29, 1.82) is 5.26 Å². The number of rotatable bonds is 3. The van der Waals surface area contributed by atoms with Gasteiger partial charge in [0.05, 0.1) is 6.07 Å². The fourth-order valence-electron chi connectivity index (χ4n) is 0.424. The highest BCUT2D eigenvalue weighted by Crippen LogP contribution is 1.83. The molecular formula is C7H10N2. The topological polar surface area (TPSA) is 35.8 Å². The summed E-state index contributed by atoms with van der Waals surface area (Å²) >= 11 is 0. The van der Waals surface area contributed by atoms with Gasteiger partial charge in [0.2, 0.25) is 0 Å². The van der Waals surface area contributed by atoms with Crippen molar-refractivity contribution in [1.82, 2.24) is 5.32 Å². The summed E-state index contributed by atoms with van der Waals surface area (Å²) in [6, 6.07) is 1.88. The molecule has 0 aromatic rings. The molecule has 0 aliphatic rings. The van der Waals surface area contributed by atoms with Gasteiger partial charge in [-0.15, -0.1) is 0 Å². The number of likely N-dealkylation sites (N-methyl/N-ethyl adjacent to an activating group) is 1. The van der Waals surface area contributed by atoms with Crippen LogP contribution in [0.15, 0.2) is 24.4 Å². The predicted molar refractivity (Wildman–Crippen MR) is 37.6 cm³/mol. The number of nitrogens with one attached hydrogen (secondary N) is 1. The first-order chi connectivity index (χ1) is 4.31. The summed E-state index contributed by atoms with van der Waals surface area (Å²) in [7, 11) is 0. The first-order valence-electron chi connectivity index (χ1n) is 2.80. The van der Waals surface area contributed by atoms with Crippen molar-refractivity contribution in [2.24, 2.45) is 0 Å². The zero-order valence-corrected chi connectivity index (χ0v) is 5.52. The van der Waals surface area contributed by atoms with Crippen molar-refractivity contribution >= 4 is 0 Å². The van der Waals surface area contributed by atoms with Crippen LogP contribution in [0.2, 0.25) is 0 Å². The van der Waals surface area contributed by atoms with Gasteiger partial charge in [0.15, 0.2) is 0 Å². The lowest BCUT2D eigenvalue weighted by molar-refractivity contribution is 0.883. The summed E-state index contributed by atoms with van der Waals surface area (Å²) in [5, 5.41) is 11.0. The van der Waals surface area contributed by atoms with Gasteiger partial charge in [-0.05, 0) is 13.0 Å². The van der Waals surface area contributed by atoms with Crippen molar-refractivity contribution in [3.8, 4) is 6.07 Å². The van der Waals surface area contributed by atoms with Gasteiger partial charge in [-0.25, -0.2) is 0 Å². The van der Waals surface area contributed by atoms with E-state index in [2.05, 4.69) is 11.9 Å². The van der Waals surface area contributed by atoms with E-state index in [1.54, 1.807) is 6.08 Å². The first kappa shape index (κ1) is 7.77. The Morgan fingerprint density at radius 3 is 3.00 bits per heavy atom. The van der Waals surface area contributed by atoms with Crippen LogP contribution >= 0.6 is 0 Å². The maximum Gasteiger partial charge on any atom is 0.0912 e. The van der Waals surface area contributed by atoms with Crippen LogP contribution in [-0.2, 0) is 0 Å². The van der Waals surface area contributed by atoms with Crippen LogP contribution in [0.1, 0.15) is 6.92 Å². The van der Waals surface area contributed by atoms with Gasteiger partial charge in [-0.1, -0.05) is 6.58 Å². The monoisotopic (exact) mass is 122 g/mol. The largest absolute Gasteiger partial charge is 0.386 e. The molecule has 2 heteroatoms. The molecule has 0 saturated heterocycles. The van der Waals surface area contributed by atoms with E-state index < -0.39 is 0 Å². The third-order valence-electron chi connectivity index (χ3n) is 0.763. The van der Waals surface area contributed by atoms with E-state index in [0.717, 1.165) is 12.2 Å². The summed E-state index contributed by atoms with van der Waals surface area (Å²) in [6.07, 6.45) is 3.04. The van der Waals surface area contributed by atoms with Gasteiger partial charge in [-0.3, -0.25) is 0 Å². The Bertz CT molecular complexity index is 151. The number of nitriles is 1. The average Bonchev–Trinajstić information content (AvgIpc) is 1.85. The molecule has 1 N–H and O–H groups in total. The number of nitrogens with zero attached hydrogens (tertiary/aromatic N) is 1. The Kier molecular flexibility index (Phi) is 4.25. The van der Waals surface area contributed by atoms with Crippen LogP contribution in [0.25, 0.3) is 0 Å². The van der Waals surface area contributed by atoms with Gasteiger partial charge < -0.3 is 5.32 Å². The molecule has 0 rings (SSSR count). The molecule has 0 amide bonds. The Labute approximate surface area is 55.5 Å². The molecule has 0 aromatic heterocycles. The van der Waals surface area contributed by atoms with Gasteiger partial charge in [0.25, 0.3) is 0 Å². The Hall–Kier alpha value is -1.23. The van der Waals surface area contributed by atoms with Crippen molar-refractivity contribution in [3.63, 3.8) is 0 Å². The highest BCUT2D eigenvalue weighted by Gasteiger charge is 1.78. The second-order valence-electron chi connectivity index (χ2n) is 1.52. The summed E-state index contributed by atoms with van der Waals surface area (Å²) in [5.74, 6) is 0. The molecule has 0 saturated carbocycles. The molecule has 0 fully saturated rings. The van der Waals surface area contributed by atoms with Crippen molar-refractivity contribution in [2.75, 3.05) is 6.54 Å². The van der Waals surface area contributed by atoms with Gasteiger partial charge in [-0.2, -0.15) is 5.26 Å². The molecular weight excluding hydrogens is 112 g/mol. The summed E-state index contributed by atoms with van der Waals surface area (Å²) in [6.45, 7) is 6.45. The quantitative estimate of drug-likeness (QED) is 0.451. The van der Waals surface area contributed by atoms with Crippen LogP contribution in [-0.4, -0.2) is 6.54 Å². The van der Waals surface area contributed by atoms with Crippen molar-refractivity contribution in [2.45, 2.75) is 6.92 Å². The number of hydrogen-bond acceptors (Lipinski definition) is 2. The standard InChI is InChI=1S/C7H10N2/c1-3-9-7(2)5-4-6-8/h4-5,9H,2-3H2,1H3/b5-4+. The van der Waals surface area contributed by atoms with Crippen LogP contribution in [0.5, 0.6) is 0 Å². The molecule has 0 aliphatic heterocycles. The predicted octanol–water partition coefficient (Wildman–Crippen LogP) is 1.19. The van der Waals surface area contributed by atoms with Crippen LogP contribution in [0.4, 0.5) is 0 Å². The fraction of sp³-hybridized carbons (Fsp3) is 0.286. The third kappa shape index (κ3) is 4.63. The van der Waals surface area contributed by atoms with Crippen molar-refractivity contribution < 1.29 is 0 Å². The highest BCUT2D eigenvalue weighted by molar-refractivity contribution is 5.17. The first-order valence-corrected chi connectivity index (χ1v) is 2.80. The van der Waals surface area contributed by atoms with Crippen LogP contribution < -0.4 is 5.32 Å². The van der Waals surface area contributed by atoms with Gasteiger partial charge >= 0.3 is 0 Å². The van der Waals surface area contributed by atoms with Gasteiger partial charge in [0, 0.05) is 18.3 Å². The molecule has 0 heterocycles. The van der Waals surface area contributed by atoms with Crippen molar-refractivity contribution in [3.05, 3.63) is 24.4 Å². The summed E-state index contributed by atoms with van der Waals surface area (Å²) in [4.78, 5) is 0. The molecule has 0 unspecified atom stereocenters. The smallest absolute Gasteiger partial charge is 0.0912 e. The van der Waals surface area contributed by atoms with E-state index in [-0.39, 0.29) is 0 Å². The van der Waals surface area contributed by atoms with E-state index in [1.165, 1.54) is 6.08 Å². The lowest BCUT2D eigenvalue weighted by atomic mass is 10.4. The third-order valence-corrected chi connectivity index (χ3v) is 0.763. The van der Waals surface area contributed by atoms with Crippen LogP contribution in [0, 0.1) is 11.3 Å². The summed E-state index contributed by atoms with van der Waals surface area (Å²) in [5.41, 5.74) is 0.777. The summed E-state index contributed by atoms with van der Waals surface area (Å²) < 4.78 is 0. The number of allylic oxidation sites excluding steroid dienone is 2. The zero-order valence-electron chi connectivity index (χ0n) is 5.52. The molecule has 0 aromatic carbocycles. The van der Waals surface area contributed by atoms with Gasteiger partial charge in [0.1, 0.15) is 0 Å². The minimum atomic E-state index is 0.777. The molecule has 0 atom stereocenters. The highest BCUT2D eigenvalue weighted by atomic mass is 14.8. The van der Waals surface area contributed by atoms with E-state index in [9.17, 15) is 0 Å². The Morgan fingerprint density at radius 1 is 1.89 bits per heavy atom. The molecule has 0 spiro atoms. The Balaban J connectivity index is 3.53.